The van der Waals surface area contributed by atoms with Crippen LogP contribution in [0.4, 0.5) is 0 Å². The van der Waals surface area contributed by atoms with E-state index in [1.807, 2.05) is 25.8 Å². The van der Waals surface area contributed by atoms with E-state index in [0.717, 1.165) is 45.3 Å². The second-order valence-corrected chi connectivity index (χ2v) is 9.18. The Balaban J connectivity index is 0.00000392. The smallest absolute Gasteiger partial charge is 0.253 e. The van der Waals surface area contributed by atoms with Gasteiger partial charge in [0, 0.05) is 31.7 Å². The standard InChI is InChI=1S/C20H33N3O3S.ClH/c1-4-12-23(13-5-2)27(25,26)19-10-8-18(9-11-19)20(24)22-14-6-7-17(16-22)15-21-3;/h8-11,17,21H,4-7,12-16H2,1-3H3;1H. The number of nitrogens with one attached hydrogen (secondary N) is 1. The molecule has 0 spiro atoms. The number of amides is 1. The van der Waals surface area contributed by atoms with Crippen molar-refractivity contribution < 1.29 is 13.2 Å². The van der Waals surface area contributed by atoms with E-state index in [1.165, 1.54) is 4.31 Å². The molecule has 0 bridgehead atoms. The van der Waals surface area contributed by atoms with Gasteiger partial charge in [-0.05, 0) is 69.5 Å². The molecule has 160 valence electrons. The van der Waals surface area contributed by atoms with Gasteiger partial charge in [-0.15, -0.1) is 12.4 Å². The van der Waals surface area contributed by atoms with E-state index in [2.05, 4.69) is 5.32 Å². The van der Waals surface area contributed by atoms with Gasteiger partial charge in [-0.3, -0.25) is 4.79 Å². The molecular formula is C20H34ClN3O3S. The Hall–Kier alpha value is -1.15. The number of piperidine rings is 1. The lowest BCUT2D eigenvalue weighted by Crippen LogP contribution is -2.42. The fourth-order valence-electron chi connectivity index (χ4n) is 3.66. The zero-order valence-corrected chi connectivity index (χ0v) is 18.8. The number of likely N-dealkylation sites (tertiary alicyclic amines) is 1. The first-order valence-electron chi connectivity index (χ1n) is 9.98. The summed E-state index contributed by atoms with van der Waals surface area (Å²) in [5.74, 6) is 0.461. The fourth-order valence-corrected chi connectivity index (χ4v) is 5.28. The average Bonchev–Trinajstić information content (AvgIpc) is 2.68. The Morgan fingerprint density at radius 1 is 1.18 bits per heavy atom. The summed E-state index contributed by atoms with van der Waals surface area (Å²) in [4.78, 5) is 14.9. The first-order valence-corrected chi connectivity index (χ1v) is 11.4. The van der Waals surface area contributed by atoms with Gasteiger partial charge in [0.05, 0.1) is 4.90 Å². The zero-order valence-electron chi connectivity index (χ0n) is 17.2. The maximum atomic E-state index is 12.8. The minimum absolute atomic E-state index is 0. The maximum Gasteiger partial charge on any atom is 0.253 e. The molecule has 0 aromatic heterocycles. The predicted octanol–water partition coefficient (Wildman–Crippen LogP) is 2.99. The molecule has 1 aliphatic heterocycles. The Bertz CT molecular complexity index is 702. The summed E-state index contributed by atoms with van der Waals surface area (Å²) in [6.07, 6.45) is 3.69. The van der Waals surface area contributed by atoms with E-state index in [0.29, 0.717) is 24.6 Å². The van der Waals surface area contributed by atoms with Crippen LogP contribution in [0.1, 0.15) is 49.9 Å². The number of hydrogen-bond donors (Lipinski definition) is 1. The lowest BCUT2D eigenvalue weighted by Gasteiger charge is -2.32. The molecule has 1 atom stereocenters. The number of benzene rings is 1. The van der Waals surface area contributed by atoms with Crippen molar-refractivity contribution in [1.29, 1.82) is 0 Å². The molecule has 0 aliphatic carbocycles. The van der Waals surface area contributed by atoms with E-state index < -0.39 is 10.0 Å². The number of rotatable bonds is 9. The van der Waals surface area contributed by atoms with Crippen molar-refractivity contribution in [3.8, 4) is 0 Å². The first-order chi connectivity index (χ1) is 12.9. The largest absolute Gasteiger partial charge is 0.338 e. The van der Waals surface area contributed by atoms with Crippen molar-refractivity contribution in [3.63, 3.8) is 0 Å². The second-order valence-electron chi connectivity index (χ2n) is 7.25. The molecule has 0 radical (unpaired) electrons. The third-order valence-electron chi connectivity index (χ3n) is 4.98. The summed E-state index contributed by atoms with van der Waals surface area (Å²) in [7, 11) is -1.58. The van der Waals surface area contributed by atoms with Gasteiger partial charge in [-0.2, -0.15) is 4.31 Å². The van der Waals surface area contributed by atoms with Crippen molar-refractivity contribution in [2.75, 3.05) is 39.8 Å². The van der Waals surface area contributed by atoms with Crippen LogP contribution in [-0.4, -0.2) is 63.3 Å². The number of halogens is 1. The van der Waals surface area contributed by atoms with Crippen LogP contribution >= 0.6 is 12.4 Å². The molecule has 28 heavy (non-hydrogen) atoms. The van der Waals surface area contributed by atoms with Crippen molar-refractivity contribution in [1.82, 2.24) is 14.5 Å². The molecule has 1 saturated heterocycles. The molecule has 1 N–H and O–H groups in total. The SMILES string of the molecule is CCCN(CCC)S(=O)(=O)c1ccc(C(=O)N2CCCC(CNC)C2)cc1.Cl. The molecule has 8 heteroatoms. The third-order valence-corrected chi connectivity index (χ3v) is 6.90. The molecule has 6 nitrogen and oxygen atoms in total. The van der Waals surface area contributed by atoms with E-state index in [-0.39, 0.29) is 23.2 Å². The van der Waals surface area contributed by atoms with E-state index in [4.69, 9.17) is 0 Å². The molecule has 1 unspecified atom stereocenters. The molecule has 2 rings (SSSR count). The Kier molecular flexibility index (Phi) is 10.4. The quantitative estimate of drug-likeness (QED) is 0.652. The number of nitrogens with zero attached hydrogens (tertiary/aromatic N) is 2. The summed E-state index contributed by atoms with van der Waals surface area (Å²) in [5, 5.41) is 3.18. The molecule has 1 fully saturated rings. The number of hydrogen-bond acceptors (Lipinski definition) is 4. The van der Waals surface area contributed by atoms with E-state index in [9.17, 15) is 13.2 Å². The summed E-state index contributed by atoms with van der Waals surface area (Å²) in [6.45, 7) is 7.39. The van der Waals surface area contributed by atoms with E-state index in [1.54, 1.807) is 24.3 Å². The van der Waals surface area contributed by atoms with Crippen molar-refractivity contribution in [2.45, 2.75) is 44.4 Å². The van der Waals surface area contributed by atoms with Crippen LogP contribution in [0, 0.1) is 5.92 Å². The van der Waals surface area contributed by atoms with Gasteiger partial charge in [0.1, 0.15) is 0 Å². The Labute approximate surface area is 176 Å². The summed E-state index contributed by atoms with van der Waals surface area (Å²) >= 11 is 0. The normalized spacial score (nSPS) is 17.4. The zero-order chi connectivity index (χ0) is 19.9. The Morgan fingerprint density at radius 2 is 1.79 bits per heavy atom. The van der Waals surface area contributed by atoms with Gasteiger partial charge in [0.25, 0.3) is 5.91 Å². The second kappa shape index (κ2) is 11.8. The molecule has 1 heterocycles. The summed E-state index contributed by atoms with van der Waals surface area (Å²) < 4.78 is 27.2. The highest BCUT2D eigenvalue weighted by Crippen LogP contribution is 2.21. The highest BCUT2D eigenvalue weighted by Gasteiger charge is 2.26. The molecule has 1 aromatic rings. The number of carbonyl (C=O) groups is 1. The lowest BCUT2D eigenvalue weighted by molar-refractivity contribution is 0.0674. The number of carbonyl (C=O) groups excluding carboxylic acids is 1. The monoisotopic (exact) mass is 431 g/mol. The molecule has 0 saturated carbocycles. The third kappa shape index (κ3) is 6.17. The molecule has 1 amide bonds. The van der Waals surface area contributed by atoms with Gasteiger partial charge >= 0.3 is 0 Å². The minimum Gasteiger partial charge on any atom is -0.338 e. The van der Waals surface area contributed by atoms with Gasteiger partial charge in [0.15, 0.2) is 0 Å². The van der Waals surface area contributed by atoms with Crippen LogP contribution in [0.3, 0.4) is 0 Å². The van der Waals surface area contributed by atoms with Crippen molar-refractivity contribution in [2.24, 2.45) is 5.92 Å². The van der Waals surface area contributed by atoms with Gasteiger partial charge < -0.3 is 10.2 Å². The van der Waals surface area contributed by atoms with Crippen LogP contribution in [0.25, 0.3) is 0 Å². The topological polar surface area (TPSA) is 69.7 Å². The highest BCUT2D eigenvalue weighted by molar-refractivity contribution is 7.89. The minimum atomic E-state index is -3.51. The molecule has 1 aromatic carbocycles. The van der Waals surface area contributed by atoms with E-state index >= 15 is 0 Å². The molecular weight excluding hydrogens is 398 g/mol. The van der Waals surface area contributed by atoms with Crippen LogP contribution in [0.5, 0.6) is 0 Å². The number of sulfonamides is 1. The van der Waals surface area contributed by atoms with Crippen molar-refractivity contribution >= 4 is 28.3 Å². The van der Waals surface area contributed by atoms with Crippen LogP contribution in [0.2, 0.25) is 0 Å². The van der Waals surface area contributed by atoms with Gasteiger partial charge in [0.2, 0.25) is 10.0 Å². The van der Waals surface area contributed by atoms with Crippen LogP contribution in [-0.2, 0) is 10.0 Å². The summed E-state index contributed by atoms with van der Waals surface area (Å²) in [5.41, 5.74) is 0.552. The lowest BCUT2D eigenvalue weighted by atomic mass is 9.97. The predicted molar refractivity (Wildman–Crippen MR) is 116 cm³/mol. The first kappa shape index (κ1) is 24.9. The highest BCUT2D eigenvalue weighted by atomic mass is 35.5. The maximum absolute atomic E-state index is 12.8. The van der Waals surface area contributed by atoms with Crippen LogP contribution in [0.15, 0.2) is 29.2 Å². The average molecular weight is 432 g/mol. The summed E-state index contributed by atoms with van der Waals surface area (Å²) in [6, 6.07) is 6.42. The van der Waals surface area contributed by atoms with Crippen LogP contribution < -0.4 is 5.32 Å². The fraction of sp³-hybridized carbons (Fsp3) is 0.650. The molecule has 1 aliphatic rings. The van der Waals surface area contributed by atoms with Gasteiger partial charge in [-0.1, -0.05) is 13.8 Å². The van der Waals surface area contributed by atoms with Crippen molar-refractivity contribution in [3.05, 3.63) is 29.8 Å². The Morgan fingerprint density at radius 3 is 2.32 bits per heavy atom. The van der Waals surface area contributed by atoms with Gasteiger partial charge in [-0.25, -0.2) is 8.42 Å².